The van der Waals surface area contributed by atoms with E-state index in [1.54, 1.807) is 0 Å². The molecule has 0 heterocycles. The molecule has 15 heavy (non-hydrogen) atoms. The first kappa shape index (κ1) is 23.1. The van der Waals surface area contributed by atoms with Crippen molar-refractivity contribution in [1.29, 1.82) is 0 Å². The van der Waals surface area contributed by atoms with Crippen LogP contribution < -0.4 is 0 Å². The van der Waals surface area contributed by atoms with E-state index in [9.17, 15) is 9.59 Å². The third-order valence-corrected chi connectivity index (χ3v) is 2.67. The van der Waals surface area contributed by atoms with Crippen LogP contribution in [-0.4, -0.2) is 134 Å². The fraction of sp³-hybridized carbons (Fsp3) is 0.500. The Morgan fingerprint density at radius 3 is 2.07 bits per heavy atom. The molecule has 0 saturated carbocycles. The molecule has 0 rings (SSSR count). The molecular weight excluding hydrogens is 310 g/mol. The van der Waals surface area contributed by atoms with Gasteiger partial charge in [0.05, 0.1) is 0 Å². The molecule has 0 bridgehead atoms. The molecule has 0 saturated heterocycles. The first-order chi connectivity index (χ1) is 5.93. The molecule has 0 amide bonds. The van der Waals surface area contributed by atoms with Crippen LogP contribution in [0.3, 0.4) is 0 Å². The second-order valence-electron chi connectivity index (χ2n) is 2.14. The van der Waals surface area contributed by atoms with Crippen LogP contribution in [0.1, 0.15) is 12.8 Å². The zero-order valence-corrected chi connectivity index (χ0v) is 8.99. The van der Waals surface area contributed by atoms with Crippen molar-refractivity contribution in [1.82, 2.24) is 0 Å². The Bertz CT molecular complexity index is 236. The van der Waals surface area contributed by atoms with Crippen LogP contribution in [0.15, 0.2) is 0 Å². The summed E-state index contributed by atoms with van der Waals surface area (Å²) in [5, 5.41) is 16.1. The van der Waals surface area contributed by atoms with Crippen LogP contribution in [0.2, 0.25) is 0 Å². The number of aliphatic carboxylic acids is 2. The molecule has 0 radical (unpaired) electrons. The minimum absolute atomic E-state index is 0. The van der Waals surface area contributed by atoms with Crippen molar-refractivity contribution in [2.75, 3.05) is 0 Å². The van der Waals surface area contributed by atoms with Gasteiger partial charge in [0.15, 0.2) is 0 Å². The number of thiocarbonyl (C=S) groups is 1. The van der Waals surface area contributed by atoms with Gasteiger partial charge in [0.2, 0.25) is 0 Å². The van der Waals surface area contributed by atoms with Gasteiger partial charge in [-0.25, -0.2) is 0 Å². The molecule has 2 N–H and O–H groups in total. The summed E-state index contributed by atoms with van der Waals surface area (Å²) in [6.45, 7) is 0. The van der Waals surface area contributed by atoms with Crippen LogP contribution in [0, 0.1) is 0 Å². The molecule has 0 aliphatic rings. The molecule has 0 aromatic carbocycles. The number of carboxylic acid groups (broad SMARTS) is 2. The van der Waals surface area contributed by atoms with Gasteiger partial charge in [0, 0.05) is 6.42 Å². The van der Waals surface area contributed by atoms with Crippen LogP contribution in [0.5, 0.6) is 0 Å². The summed E-state index contributed by atoms with van der Waals surface area (Å²) in [5.74, 6) is -2.08. The Kier molecular flexibility index (Phi) is 20.7. The third kappa shape index (κ3) is 14.9. The number of thioether (sulfide) groups is 1. The molecule has 0 aromatic rings. The average Bonchev–Trinajstić information content (AvgIpc) is 1.96. The zero-order chi connectivity index (χ0) is 10.4. The van der Waals surface area contributed by atoms with Crippen LogP contribution in [0.25, 0.3) is 0 Å². The third-order valence-electron chi connectivity index (χ3n) is 1.14. The average molecular weight is 321 g/mol. The van der Waals surface area contributed by atoms with Crippen molar-refractivity contribution in [2.45, 2.75) is 18.1 Å². The number of hydrogen-bond acceptors (Lipinski definition) is 4. The second-order valence-corrected chi connectivity index (χ2v) is 5.08. The standard InChI is InChI=1S/C6H8O4S3.2K.2H/c7-4(8)2-1-3(5(9)10)13-6(11)12;;;;/h3H,1-2H2,(H,7,8)(H,9,10)(H,11,12);;;;. The van der Waals surface area contributed by atoms with Crippen molar-refractivity contribution >= 4 is 155 Å². The predicted molar refractivity (Wildman–Crippen MR) is 71.8 cm³/mol. The SMILES string of the molecule is O=C(O)CCC(SC(=S)S)C(=O)O.[KH].[KH]. The van der Waals surface area contributed by atoms with E-state index in [0.717, 1.165) is 11.8 Å². The van der Waals surface area contributed by atoms with Gasteiger partial charge in [0.1, 0.15) is 8.78 Å². The van der Waals surface area contributed by atoms with E-state index in [1.165, 1.54) is 0 Å². The monoisotopic (exact) mass is 320 g/mol. The fourth-order valence-corrected chi connectivity index (χ4v) is 1.92. The molecular formula is C6H10K2O4S3. The van der Waals surface area contributed by atoms with E-state index in [0.29, 0.717) is 0 Å². The van der Waals surface area contributed by atoms with Crippen LogP contribution in [-0.2, 0) is 9.59 Å². The van der Waals surface area contributed by atoms with Crippen LogP contribution in [0.4, 0.5) is 0 Å². The molecule has 78 valence electrons. The molecule has 4 nitrogen and oxygen atoms in total. The minimum atomic E-state index is -1.07. The van der Waals surface area contributed by atoms with Gasteiger partial charge in [-0.1, -0.05) is 24.0 Å². The number of hydrogen-bond donors (Lipinski definition) is 3. The van der Waals surface area contributed by atoms with Gasteiger partial charge < -0.3 is 10.2 Å². The summed E-state index contributed by atoms with van der Waals surface area (Å²) < 4.78 is 0.206. The van der Waals surface area contributed by atoms with Gasteiger partial charge in [0.25, 0.3) is 0 Å². The van der Waals surface area contributed by atoms with Gasteiger partial charge in [-0.2, -0.15) is 0 Å². The quantitative estimate of drug-likeness (QED) is 0.375. The number of rotatable bonds is 5. The first-order valence-electron chi connectivity index (χ1n) is 3.27. The maximum absolute atomic E-state index is 10.5. The Morgan fingerprint density at radius 1 is 1.33 bits per heavy atom. The van der Waals surface area contributed by atoms with Crippen molar-refractivity contribution in [3.63, 3.8) is 0 Å². The summed E-state index contributed by atoms with van der Waals surface area (Å²) in [6.07, 6.45) is -0.129. The molecule has 0 spiro atoms. The van der Waals surface area contributed by atoms with E-state index in [2.05, 4.69) is 24.8 Å². The van der Waals surface area contributed by atoms with Crippen molar-refractivity contribution in [3.8, 4) is 0 Å². The van der Waals surface area contributed by atoms with Gasteiger partial charge >= 0.3 is 115 Å². The Morgan fingerprint density at radius 2 is 1.80 bits per heavy atom. The molecule has 0 fully saturated rings. The summed E-state index contributed by atoms with van der Waals surface area (Å²) in [4.78, 5) is 20.7. The van der Waals surface area contributed by atoms with E-state index in [4.69, 9.17) is 10.2 Å². The molecule has 1 unspecified atom stereocenters. The van der Waals surface area contributed by atoms with Crippen molar-refractivity contribution in [2.24, 2.45) is 0 Å². The summed E-state index contributed by atoms with van der Waals surface area (Å²) in [7, 11) is 0. The second kappa shape index (κ2) is 13.4. The zero-order valence-electron chi connectivity index (χ0n) is 6.47. The predicted octanol–water partition coefficient (Wildman–Crippen LogP) is -0.0447. The van der Waals surface area contributed by atoms with Crippen molar-refractivity contribution < 1.29 is 19.8 Å². The van der Waals surface area contributed by atoms with E-state index >= 15 is 0 Å². The number of carboxylic acids is 2. The van der Waals surface area contributed by atoms with Gasteiger partial charge in [-0.3, -0.25) is 9.59 Å². The fourth-order valence-electron chi connectivity index (χ4n) is 0.609. The summed E-state index contributed by atoms with van der Waals surface area (Å²) in [6, 6.07) is 0. The Labute approximate surface area is 188 Å². The molecule has 0 aliphatic carbocycles. The summed E-state index contributed by atoms with van der Waals surface area (Å²) in [5.41, 5.74) is 0. The Hall–Kier alpha value is 3.00. The first-order valence-corrected chi connectivity index (χ1v) is 5.01. The Balaban J connectivity index is -0.000000720. The maximum atomic E-state index is 10.5. The van der Waals surface area contributed by atoms with Crippen LogP contribution >= 0.6 is 36.6 Å². The normalized spacial score (nSPS) is 10.5. The van der Waals surface area contributed by atoms with E-state index in [-0.39, 0.29) is 119 Å². The van der Waals surface area contributed by atoms with Gasteiger partial charge in [-0.15, -0.1) is 12.6 Å². The van der Waals surface area contributed by atoms with E-state index in [1.807, 2.05) is 0 Å². The number of thiol groups is 1. The van der Waals surface area contributed by atoms with Crippen molar-refractivity contribution in [3.05, 3.63) is 0 Å². The number of carbonyl (C=O) groups is 2. The molecule has 0 aromatic heterocycles. The molecule has 1 atom stereocenters. The molecule has 9 heteroatoms. The summed E-state index contributed by atoms with van der Waals surface area (Å²) >= 11 is 9.23. The van der Waals surface area contributed by atoms with E-state index < -0.39 is 17.2 Å². The van der Waals surface area contributed by atoms with Gasteiger partial charge in [-0.05, 0) is 6.42 Å². The topological polar surface area (TPSA) is 74.6 Å². The molecule has 0 aliphatic heterocycles.